The first kappa shape index (κ1) is 13.0. The Kier molecular flexibility index (Phi) is 5.33. The number of ether oxygens (including phenoxy) is 1. The van der Waals surface area contributed by atoms with Crippen LogP contribution < -0.4 is 10.5 Å². The molecule has 0 heterocycles. The highest BCUT2D eigenvalue weighted by atomic mass is 16.5. The van der Waals surface area contributed by atoms with Gasteiger partial charge in [-0.3, -0.25) is 0 Å². The SMILES string of the molecule is CCCCOc1c(C)cc(CCN)cc1C. The minimum absolute atomic E-state index is 0.703. The number of benzene rings is 1. The van der Waals surface area contributed by atoms with E-state index in [0.717, 1.165) is 25.2 Å². The summed E-state index contributed by atoms with van der Waals surface area (Å²) in [5.74, 6) is 1.05. The Labute approximate surface area is 98.8 Å². The van der Waals surface area contributed by atoms with E-state index in [4.69, 9.17) is 10.5 Å². The molecule has 0 fully saturated rings. The van der Waals surface area contributed by atoms with Crippen molar-refractivity contribution in [2.24, 2.45) is 5.73 Å². The van der Waals surface area contributed by atoms with E-state index in [-0.39, 0.29) is 0 Å². The fourth-order valence-corrected chi connectivity index (χ4v) is 1.90. The molecular weight excluding hydrogens is 198 g/mol. The summed E-state index contributed by atoms with van der Waals surface area (Å²) in [6.45, 7) is 7.90. The Morgan fingerprint density at radius 2 is 1.81 bits per heavy atom. The van der Waals surface area contributed by atoms with Crippen LogP contribution in [-0.4, -0.2) is 13.2 Å². The van der Waals surface area contributed by atoms with Crippen LogP contribution in [0, 0.1) is 13.8 Å². The van der Waals surface area contributed by atoms with Crippen LogP contribution in [0.25, 0.3) is 0 Å². The molecule has 2 heteroatoms. The lowest BCUT2D eigenvalue weighted by Crippen LogP contribution is -2.05. The lowest BCUT2D eigenvalue weighted by atomic mass is 10.0. The van der Waals surface area contributed by atoms with Crippen molar-refractivity contribution in [1.82, 2.24) is 0 Å². The zero-order chi connectivity index (χ0) is 12.0. The van der Waals surface area contributed by atoms with Gasteiger partial charge in [-0.05, 0) is 49.9 Å². The van der Waals surface area contributed by atoms with Gasteiger partial charge in [-0.1, -0.05) is 25.5 Å². The lowest BCUT2D eigenvalue weighted by molar-refractivity contribution is 0.305. The van der Waals surface area contributed by atoms with Crippen molar-refractivity contribution >= 4 is 0 Å². The van der Waals surface area contributed by atoms with Gasteiger partial charge in [-0.2, -0.15) is 0 Å². The Morgan fingerprint density at radius 3 is 2.31 bits per heavy atom. The Hall–Kier alpha value is -1.02. The molecule has 90 valence electrons. The van der Waals surface area contributed by atoms with Crippen molar-refractivity contribution < 1.29 is 4.74 Å². The van der Waals surface area contributed by atoms with Gasteiger partial charge in [0.1, 0.15) is 5.75 Å². The largest absolute Gasteiger partial charge is 0.493 e. The average Bonchev–Trinajstić information content (AvgIpc) is 2.23. The van der Waals surface area contributed by atoms with Crippen molar-refractivity contribution in [3.63, 3.8) is 0 Å². The first-order valence-corrected chi connectivity index (χ1v) is 6.12. The number of hydrogen-bond acceptors (Lipinski definition) is 2. The third-order valence-corrected chi connectivity index (χ3v) is 2.70. The Morgan fingerprint density at radius 1 is 1.19 bits per heavy atom. The Balaban J connectivity index is 2.77. The van der Waals surface area contributed by atoms with Crippen molar-refractivity contribution in [2.75, 3.05) is 13.2 Å². The number of unbranched alkanes of at least 4 members (excludes halogenated alkanes) is 1. The number of nitrogens with two attached hydrogens (primary N) is 1. The van der Waals surface area contributed by atoms with E-state index < -0.39 is 0 Å². The van der Waals surface area contributed by atoms with Crippen LogP contribution in [0.1, 0.15) is 36.5 Å². The molecular formula is C14H23NO. The highest BCUT2D eigenvalue weighted by Crippen LogP contribution is 2.25. The molecule has 1 aromatic carbocycles. The maximum Gasteiger partial charge on any atom is 0.125 e. The minimum Gasteiger partial charge on any atom is -0.493 e. The van der Waals surface area contributed by atoms with Gasteiger partial charge in [-0.15, -0.1) is 0 Å². The maximum absolute atomic E-state index is 5.81. The maximum atomic E-state index is 5.81. The minimum atomic E-state index is 0.703. The molecule has 0 radical (unpaired) electrons. The van der Waals surface area contributed by atoms with Gasteiger partial charge in [-0.25, -0.2) is 0 Å². The van der Waals surface area contributed by atoms with Crippen LogP contribution in [0.15, 0.2) is 12.1 Å². The van der Waals surface area contributed by atoms with E-state index >= 15 is 0 Å². The summed E-state index contributed by atoms with van der Waals surface area (Å²) in [5, 5.41) is 0. The summed E-state index contributed by atoms with van der Waals surface area (Å²) in [6.07, 6.45) is 3.23. The van der Waals surface area contributed by atoms with Gasteiger partial charge >= 0.3 is 0 Å². The molecule has 0 aromatic heterocycles. The van der Waals surface area contributed by atoms with Gasteiger partial charge in [0, 0.05) is 0 Å². The highest BCUT2D eigenvalue weighted by molar-refractivity contribution is 5.43. The molecule has 16 heavy (non-hydrogen) atoms. The lowest BCUT2D eigenvalue weighted by Gasteiger charge is -2.13. The molecule has 0 aliphatic carbocycles. The zero-order valence-corrected chi connectivity index (χ0v) is 10.7. The predicted molar refractivity (Wildman–Crippen MR) is 69.1 cm³/mol. The normalized spacial score (nSPS) is 10.5. The standard InChI is InChI=1S/C14H23NO/c1-4-5-8-16-14-11(2)9-13(6-7-15)10-12(14)3/h9-10H,4-8,15H2,1-3H3. The molecule has 2 nitrogen and oxygen atoms in total. The van der Waals surface area contributed by atoms with Gasteiger partial charge in [0.25, 0.3) is 0 Å². The van der Waals surface area contributed by atoms with Crippen LogP contribution >= 0.6 is 0 Å². The smallest absolute Gasteiger partial charge is 0.125 e. The molecule has 0 saturated heterocycles. The fourth-order valence-electron chi connectivity index (χ4n) is 1.90. The zero-order valence-electron chi connectivity index (χ0n) is 10.7. The predicted octanol–water partition coefficient (Wildman–Crippen LogP) is 2.98. The van der Waals surface area contributed by atoms with Crippen molar-refractivity contribution in [1.29, 1.82) is 0 Å². The number of aryl methyl sites for hydroxylation is 2. The van der Waals surface area contributed by atoms with E-state index in [2.05, 4.69) is 32.9 Å². The summed E-state index contributed by atoms with van der Waals surface area (Å²) in [5.41, 5.74) is 9.32. The van der Waals surface area contributed by atoms with Gasteiger partial charge in [0.05, 0.1) is 6.61 Å². The van der Waals surface area contributed by atoms with E-state index in [1.807, 2.05) is 0 Å². The van der Waals surface area contributed by atoms with Crippen LogP contribution in [0.2, 0.25) is 0 Å². The fraction of sp³-hybridized carbons (Fsp3) is 0.571. The monoisotopic (exact) mass is 221 g/mol. The van der Waals surface area contributed by atoms with E-state index in [0.29, 0.717) is 6.54 Å². The Bertz CT molecular complexity index is 311. The molecule has 0 bridgehead atoms. The van der Waals surface area contributed by atoms with Crippen LogP contribution in [0.4, 0.5) is 0 Å². The van der Waals surface area contributed by atoms with Gasteiger partial charge in [0.15, 0.2) is 0 Å². The van der Waals surface area contributed by atoms with Crippen molar-refractivity contribution in [2.45, 2.75) is 40.0 Å². The second kappa shape index (κ2) is 6.54. The molecule has 0 saturated carbocycles. The van der Waals surface area contributed by atoms with Crippen molar-refractivity contribution in [3.05, 3.63) is 28.8 Å². The average molecular weight is 221 g/mol. The number of rotatable bonds is 6. The first-order valence-electron chi connectivity index (χ1n) is 6.12. The van der Waals surface area contributed by atoms with Crippen LogP contribution in [0.5, 0.6) is 5.75 Å². The van der Waals surface area contributed by atoms with E-state index in [1.165, 1.54) is 23.1 Å². The quantitative estimate of drug-likeness (QED) is 0.749. The van der Waals surface area contributed by atoms with Gasteiger partial charge < -0.3 is 10.5 Å². The molecule has 0 aliphatic rings. The topological polar surface area (TPSA) is 35.2 Å². The molecule has 2 N–H and O–H groups in total. The molecule has 0 atom stereocenters. The summed E-state index contributed by atoms with van der Waals surface area (Å²) < 4.78 is 5.81. The third-order valence-electron chi connectivity index (χ3n) is 2.70. The van der Waals surface area contributed by atoms with E-state index in [9.17, 15) is 0 Å². The van der Waals surface area contributed by atoms with Crippen molar-refractivity contribution in [3.8, 4) is 5.75 Å². The summed E-state index contributed by atoms with van der Waals surface area (Å²) in [7, 11) is 0. The molecule has 0 unspecified atom stereocenters. The molecule has 1 rings (SSSR count). The molecule has 1 aromatic rings. The van der Waals surface area contributed by atoms with Crippen LogP contribution in [-0.2, 0) is 6.42 Å². The van der Waals surface area contributed by atoms with E-state index in [1.54, 1.807) is 0 Å². The number of hydrogen-bond donors (Lipinski definition) is 1. The third kappa shape index (κ3) is 3.53. The second-order valence-electron chi connectivity index (χ2n) is 4.30. The second-order valence-corrected chi connectivity index (χ2v) is 4.30. The van der Waals surface area contributed by atoms with Crippen LogP contribution in [0.3, 0.4) is 0 Å². The summed E-state index contributed by atoms with van der Waals surface area (Å²) in [6, 6.07) is 4.36. The first-order chi connectivity index (χ1) is 7.69. The van der Waals surface area contributed by atoms with Gasteiger partial charge in [0.2, 0.25) is 0 Å². The molecule has 0 spiro atoms. The summed E-state index contributed by atoms with van der Waals surface area (Å²) in [4.78, 5) is 0. The highest BCUT2D eigenvalue weighted by Gasteiger charge is 2.05. The molecule has 0 aliphatic heterocycles. The molecule has 0 amide bonds. The summed E-state index contributed by atoms with van der Waals surface area (Å²) >= 11 is 0.